The Kier molecular flexibility index (Phi) is 2.63. The van der Waals surface area contributed by atoms with Crippen LogP contribution in [0.25, 0.3) is 11.0 Å². The third-order valence-electron chi connectivity index (χ3n) is 1.86. The fourth-order valence-electron chi connectivity index (χ4n) is 1.19. The third-order valence-corrected chi connectivity index (χ3v) is 2.38. The van der Waals surface area contributed by atoms with Crippen LogP contribution in [0.2, 0.25) is 0 Å². The average molecular weight is 264 g/mol. The van der Waals surface area contributed by atoms with Gasteiger partial charge in [0, 0.05) is 0 Å². The van der Waals surface area contributed by atoms with Crippen LogP contribution in [0.4, 0.5) is 0 Å². The van der Waals surface area contributed by atoms with E-state index in [0.717, 1.165) is 5.52 Å². The van der Waals surface area contributed by atoms with Crippen molar-refractivity contribution in [3.63, 3.8) is 0 Å². The fraction of sp³-hybridized carbons (Fsp3) is 0.111. The highest BCUT2D eigenvalue weighted by Crippen LogP contribution is 2.30. The van der Waals surface area contributed by atoms with Gasteiger partial charge in [-0.25, -0.2) is 4.98 Å². The number of halogens is 3. The first kappa shape index (κ1) is 10.7. The van der Waals surface area contributed by atoms with Gasteiger partial charge in [0.15, 0.2) is 5.82 Å². The van der Waals surface area contributed by atoms with E-state index < -0.39 is 9.58 Å². The van der Waals surface area contributed by atoms with Crippen LogP contribution >= 0.6 is 34.8 Å². The van der Waals surface area contributed by atoms with E-state index in [1.165, 1.54) is 0 Å². The molecule has 1 aromatic heterocycles. The number of imidazole rings is 1. The second-order valence-electron chi connectivity index (χ2n) is 2.93. The predicted octanol–water partition coefficient (Wildman–Crippen LogP) is 3.12. The van der Waals surface area contributed by atoms with Crippen molar-refractivity contribution in [3.8, 4) is 0 Å². The molecule has 0 aliphatic carbocycles. The van der Waals surface area contributed by atoms with Gasteiger partial charge in [0.1, 0.15) is 0 Å². The van der Waals surface area contributed by atoms with Gasteiger partial charge in [0.25, 0.3) is 3.79 Å². The molecule has 15 heavy (non-hydrogen) atoms. The summed E-state index contributed by atoms with van der Waals surface area (Å²) in [5.41, 5.74) is 1.39. The molecule has 1 N–H and O–H groups in total. The first-order chi connectivity index (χ1) is 6.98. The van der Waals surface area contributed by atoms with E-state index >= 15 is 0 Å². The van der Waals surface area contributed by atoms with E-state index in [1.54, 1.807) is 12.1 Å². The highest BCUT2D eigenvalue weighted by atomic mass is 35.6. The lowest BCUT2D eigenvalue weighted by molar-refractivity contribution is 0.0988. The van der Waals surface area contributed by atoms with E-state index in [0.29, 0.717) is 5.52 Å². The van der Waals surface area contributed by atoms with Crippen LogP contribution in [-0.2, 0) is 0 Å². The summed E-state index contributed by atoms with van der Waals surface area (Å²) < 4.78 is -1.98. The standard InChI is InChI=1S/C9H5Cl3N2O/c10-9(11,12)7(15)8-13-5-3-1-2-4-6(5)14-8/h1-4H,(H,13,14). The lowest BCUT2D eigenvalue weighted by atomic mass is 10.3. The molecule has 0 fully saturated rings. The van der Waals surface area contributed by atoms with Crippen molar-refractivity contribution in [2.45, 2.75) is 3.79 Å². The molecule has 0 spiro atoms. The first-order valence-electron chi connectivity index (χ1n) is 4.05. The van der Waals surface area contributed by atoms with Crippen molar-refractivity contribution in [1.29, 1.82) is 0 Å². The van der Waals surface area contributed by atoms with Crippen molar-refractivity contribution in [3.05, 3.63) is 30.1 Å². The van der Waals surface area contributed by atoms with Gasteiger partial charge < -0.3 is 4.98 Å². The van der Waals surface area contributed by atoms with Gasteiger partial charge in [0.05, 0.1) is 11.0 Å². The second kappa shape index (κ2) is 3.67. The Hall–Kier alpha value is -0.770. The number of aromatic amines is 1. The number of hydrogen-bond donors (Lipinski definition) is 1. The second-order valence-corrected chi connectivity index (χ2v) is 5.21. The molecule has 6 heteroatoms. The van der Waals surface area contributed by atoms with E-state index in [2.05, 4.69) is 9.97 Å². The molecule has 1 heterocycles. The Labute approximate surface area is 100 Å². The number of nitrogens with zero attached hydrogens (tertiary/aromatic N) is 1. The molecule has 1 aromatic carbocycles. The fourth-order valence-corrected chi connectivity index (χ4v) is 1.46. The van der Waals surface area contributed by atoms with Crippen molar-refractivity contribution in [2.75, 3.05) is 0 Å². The zero-order valence-corrected chi connectivity index (χ0v) is 9.57. The minimum atomic E-state index is -1.98. The summed E-state index contributed by atoms with van der Waals surface area (Å²) in [4.78, 5) is 18.4. The maximum atomic E-state index is 11.5. The number of carbonyl (C=O) groups excluding carboxylic acids is 1. The molecule has 0 saturated heterocycles. The monoisotopic (exact) mass is 262 g/mol. The molecular weight excluding hydrogens is 258 g/mol. The molecule has 0 unspecified atom stereocenters. The van der Waals surface area contributed by atoms with Gasteiger partial charge in [-0.2, -0.15) is 0 Å². The SMILES string of the molecule is O=C(c1nc2ccccc2[nH]1)C(Cl)(Cl)Cl. The summed E-state index contributed by atoms with van der Waals surface area (Å²) in [6, 6.07) is 7.19. The zero-order valence-electron chi connectivity index (χ0n) is 7.30. The largest absolute Gasteiger partial charge is 0.335 e. The Bertz CT molecular complexity index is 482. The molecule has 2 aromatic rings. The molecule has 3 nitrogen and oxygen atoms in total. The van der Waals surface area contributed by atoms with E-state index in [4.69, 9.17) is 34.8 Å². The molecule has 2 rings (SSSR count). The summed E-state index contributed by atoms with van der Waals surface area (Å²) in [6.45, 7) is 0. The van der Waals surface area contributed by atoms with Crippen molar-refractivity contribution >= 4 is 51.6 Å². The topological polar surface area (TPSA) is 45.8 Å². The maximum Gasteiger partial charge on any atom is 0.256 e. The summed E-state index contributed by atoms with van der Waals surface area (Å²) in [5.74, 6) is -0.611. The zero-order chi connectivity index (χ0) is 11.1. The maximum absolute atomic E-state index is 11.5. The molecule has 0 aliphatic heterocycles. The van der Waals surface area contributed by atoms with Crippen LogP contribution in [0.5, 0.6) is 0 Å². The highest BCUT2D eigenvalue weighted by molar-refractivity contribution is 6.77. The van der Waals surface area contributed by atoms with Gasteiger partial charge in [-0.05, 0) is 12.1 Å². The number of nitrogens with one attached hydrogen (secondary N) is 1. The first-order valence-corrected chi connectivity index (χ1v) is 5.18. The Morgan fingerprint density at radius 2 is 1.93 bits per heavy atom. The van der Waals surface area contributed by atoms with Crippen molar-refractivity contribution < 1.29 is 4.79 Å². The summed E-state index contributed by atoms with van der Waals surface area (Å²) in [6.07, 6.45) is 0. The number of carbonyl (C=O) groups is 1. The lowest BCUT2D eigenvalue weighted by Crippen LogP contribution is -2.20. The number of Topliss-reactive ketones (excluding diaryl/α,β-unsaturated/α-hetero) is 1. The van der Waals surface area contributed by atoms with Gasteiger partial charge in [-0.15, -0.1) is 0 Å². The van der Waals surface area contributed by atoms with Gasteiger partial charge >= 0.3 is 0 Å². The van der Waals surface area contributed by atoms with Crippen LogP contribution in [0.3, 0.4) is 0 Å². The lowest BCUT2D eigenvalue weighted by Gasteiger charge is -2.05. The van der Waals surface area contributed by atoms with Crippen molar-refractivity contribution in [1.82, 2.24) is 9.97 Å². The minimum absolute atomic E-state index is 0.0520. The Morgan fingerprint density at radius 1 is 1.27 bits per heavy atom. The Balaban J connectivity index is 2.50. The number of benzene rings is 1. The number of hydrogen-bond acceptors (Lipinski definition) is 2. The normalized spacial score (nSPS) is 11.9. The average Bonchev–Trinajstić information content (AvgIpc) is 2.58. The Morgan fingerprint density at radius 3 is 2.53 bits per heavy atom. The molecule has 0 atom stereocenters. The number of H-pyrrole nitrogens is 1. The number of para-hydroxylation sites is 2. The smallest absolute Gasteiger partial charge is 0.256 e. The molecule has 78 valence electrons. The number of ketones is 1. The number of rotatable bonds is 1. The molecule has 0 radical (unpaired) electrons. The van der Waals surface area contributed by atoms with Crippen LogP contribution in [0.15, 0.2) is 24.3 Å². The van der Waals surface area contributed by atoms with Gasteiger partial charge in [-0.3, -0.25) is 4.79 Å². The molecule has 0 bridgehead atoms. The predicted molar refractivity (Wildman–Crippen MR) is 60.7 cm³/mol. The number of alkyl halides is 3. The number of aromatic nitrogens is 2. The third kappa shape index (κ3) is 2.09. The summed E-state index contributed by atoms with van der Waals surface area (Å²) in [7, 11) is 0. The van der Waals surface area contributed by atoms with Crippen LogP contribution in [-0.4, -0.2) is 19.5 Å². The molecular formula is C9H5Cl3N2O. The van der Waals surface area contributed by atoms with Crippen LogP contribution < -0.4 is 0 Å². The quantitative estimate of drug-likeness (QED) is 0.635. The van der Waals surface area contributed by atoms with Crippen molar-refractivity contribution in [2.24, 2.45) is 0 Å². The summed E-state index contributed by atoms with van der Waals surface area (Å²) >= 11 is 16.4. The van der Waals surface area contributed by atoms with Gasteiger partial charge in [0.2, 0.25) is 5.78 Å². The molecule has 0 amide bonds. The molecule has 0 aliphatic rings. The van der Waals surface area contributed by atoms with Gasteiger partial charge in [-0.1, -0.05) is 46.9 Å². The molecule has 0 saturated carbocycles. The van der Waals surface area contributed by atoms with E-state index in [9.17, 15) is 4.79 Å². The van der Waals surface area contributed by atoms with E-state index in [-0.39, 0.29) is 5.82 Å². The number of fused-ring (bicyclic) bond motifs is 1. The minimum Gasteiger partial charge on any atom is -0.335 e. The van der Waals surface area contributed by atoms with Crippen LogP contribution in [0.1, 0.15) is 10.6 Å². The summed E-state index contributed by atoms with van der Waals surface area (Å²) in [5, 5.41) is 0. The van der Waals surface area contributed by atoms with E-state index in [1.807, 2.05) is 12.1 Å². The highest BCUT2D eigenvalue weighted by Gasteiger charge is 2.33. The van der Waals surface area contributed by atoms with Crippen LogP contribution in [0, 0.1) is 0 Å².